The summed E-state index contributed by atoms with van der Waals surface area (Å²) in [6.07, 6.45) is 1.79. The van der Waals surface area contributed by atoms with Crippen molar-refractivity contribution in [1.29, 1.82) is 0 Å². The molecule has 0 saturated carbocycles. The third-order valence-corrected chi connectivity index (χ3v) is 4.73. The lowest BCUT2D eigenvalue weighted by Crippen LogP contribution is -2.63. The van der Waals surface area contributed by atoms with Gasteiger partial charge in [0.15, 0.2) is 11.6 Å². The first-order valence-electron chi connectivity index (χ1n) is 9.32. The van der Waals surface area contributed by atoms with Crippen LogP contribution in [0.3, 0.4) is 0 Å². The Morgan fingerprint density at radius 2 is 1.40 bits per heavy atom. The van der Waals surface area contributed by atoms with E-state index in [1.807, 2.05) is 6.92 Å². The van der Waals surface area contributed by atoms with Crippen molar-refractivity contribution in [3.63, 3.8) is 0 Å². The molecule has 1 atom stereocenters. The van der Waals surface area contributed by atoms with Crippen molar-refractivity contribution in [2.45, 2.75) is 31.8 Å². The third kappa shape index (κ3) is 5.22. The molecule has 0 spiro atoms. The van der Waals surface area contributed by atoms with Crippen LogP contribution in [0, 0.1) is 5.92 Å². The Labute approximate surface area is 173 Å². The lowest BCUT2D eigenvalue weighted by atomic mass is 9.79. The number of rotatable bonds is 10. The molecule has 0 heterocycles. The van der Waals surface area contributed by atoms with Crippen LogP contribution in [0.4, 0.5) is 11.4 Å². The summed E-state index contributed by atoms with van der Waals surface area (Å²) in [7, 11) is 0. The highest BCUT2D eigenvalue weighted by molar-refractivity contribution is 6.09. The lowest BCUT2D eigenvalue weighted by molar-refractivity contribution is 0.0714. The number of carbonyl (C=O) groups excluding carboxylic acids is 2. The molecule has 0 aromatic heterocycles. The van der Waals surface area contributed by atoms with Gasteiger partial charge in [-0.25, -0.2) is 0 Å². The molecule has 2 aromatic carbocycles. The van der Waals surface area contributed by atoms with Gasteiger partial charge in [-0.3, -0.25) is 9.59 Å². The van der Waals surface area contributed by atoms with E-state index >= 15 is 0 Å². The van der Waals surface area contributed by atoms with Crippen molar-refractivity contribution in [2.75, 3.05) is 0 Å². The van der Waals surface area contributed by atoms with Crippen molar-refractivity contribution >= 4 is 22.9 Å². The van der Waals surface area contributed by atoms with Crippen molar-refractivity contribution in [3.05, 3.63) is 80.5 Å². The molecular formula is C20H22N8O2. The number of carbonyl (C=O) groups is 2. The molecule has 0 aliphatic heterocycles. The zero-order chi connectivity index (χ0) is 22.1. The molecule has 0 aliphatic rings. The van der Waals surface area contributed by atoms with Gasteiger partial charge in [-0.1, -0.05) is 78.5 Å². The Balaban J connectivity index is 2.36. The molecule has 0 fully saturated rings. The number of nitrogens with zero attached hydrogens (tertiary/aromatic N) is 6. The molecule has 0 bridgehead atoms. The van der Waals surface area contributed by atoms with Gasteiger partial charge in [-0.2, -0.15) is 0 Å². The zero-order valence-electron chi connectivity index (χ0n) is 16.5. The highest BCUT2D eigenvalue weighted by Crippen LogP contribution is 2.27. The van der Waals surface area contributed by atoms with Crippen LogP contribution in [0.25, 0.3) is 20.9 Å². The van der Waals surface area contributed by atoms with E-state index in [4.69, 9.17) is 22.5 Å². The van der Waals surface area contributed by atoms with E-state index in [9.17, 15) is 9.59 Å². The number of nitrogens with two attached hydrogens (primary N) is 2. The first-order chi connectivity index (χ1) is 14.3. The summed E-state index contributed by atoms with van der Waals surface area (Å²) in [5.41, 5.74) is 28.8. The SMILES string of the molecule is CCCCC(C(=O)c1ccc(N=[N+]=[N-])cc1)C(N)(N)C(=O)c1ccc(N=[N+]=[N-])cc1. The minimum Gasteiger partial charge on any atom is -0.306 e. The first-order valence-corrected chi connectivity index (χ1v) is 9.32. The van der Waals surface area contributed by atoms with E-state index in [1.54, 1.807) is 0 Å². The minimum atomic E-state index is -1.93. The predicted molar refractivity (Wildman–Crippen MR) is 113 cm³/mol. The molecule has 4 N–H and O–H groups in total. The maximum absolute atomic E-state index is 13.2. The Kier molecular flexibility index (Phi) is 7.69. The van der Waals surface area contributed by atoms with E-state index in [0.717, 1.165) is 6.42 Å². The van der Waals surface area contributed by atoms with Crippen LogP contribution >= 0.6 is 0 Å². The largest absolute Gasteiger partial charge is 0.306 e. The molecular weight excluding hydrogens is 384 g/mol. The number of azide groups is 2. The van der Waals surface area contributed by atoms with E-state index in [2.05, 4.69) is 20.1 Å². The van der Waals surface area contributed by atoms with Gasteiger partial charge in [0.05, 0.1) is 5.92 Å². The molecule has 0 amide bonds. The fourth-order valence-electron chi connectivity index (χ4n) is 3.08. The summed E-state index contributed by atoms with van der Waals surface area (Å²) in [5, 5.41) is 6.93. The molecule has 154 valence electrons. The van der Waals surface area contributed by atoms with Crippen LogP contribution in [0.5, 0.6) is 0 Å². The summed E-state index contributed by atoms with van der Waals surface area (Å²) in [5.74, 6) is -1.90. The summed E-state index contributed by atoms with van der Waals surface area (Å²) >= 11 is 0. The Morgan fingerprint density at radius 3 is 1.83 bits per heavy atom. The molecule has 0 aliphatic carbocycles. The van der Waals surface area contributed by atoms with Crippen LogP contribution in [-0.2, 0) is 0 Å². The smallest absolute Gasteiger partial charge is 0.197 e. The topological polar surface area (TPSA) is 184 Å². The number of hydrogen-bond acceptors (Lipinski definition) is 6. The van der Waals surface area contributed by atoms with Gasteiger partial charge >= 0.3 is 0 Å². The second kappa shape index (κ2) is 10.2. The number of ketones is 2. The summed E-state index contributed by atoms with van der Waals surface area (Å²) in [6, 6.07) is 11.9. The van der Waals surface area contributed by atoms with Crippen LogP contribution in [-0.4, -0.2) is 17.2 Å². The number of unbranched alkanes of at least 4 members (excludes halogenated alkanes) is 1. The predicted octanol–water partition coefficient (Wildman–Crippen LogP) is 5.06. The first kappa shape index (κ1) is 22.6. The van der Waals surface area contributed by atoms with Gasteiger partial charge in [0.1, 0.15) is 5.66 Å². The van der Waals surface area contributed by atoms with Crippen LogP contribution in [0.2, 0.25) is 0 Å². The molecule has 2 rings (SSSR count). The number of hydrogen-bond donors (Lipinski definition) is 2. The monoisotopic (exact) mass is 406 g/mol. The molecule has 2 aromatic rings. The van der Waals surface area contributed by atoms with Gasteiger partial charge < -0.3 is 11.5 Å². The highest BCUT2D eigenvalue weighted by Gasteiger charge is 2.42. The minimum absolute atomic E-state index is 0.213. The maximum atomic E-state index is 13.2. The Hall–Kier alpha value is -3.68. The van der Waals surface area contributed by atoms with E-state index in [0.29, 0.717) is 29.8 Å². The van der Waals surface area contributed by atoms with Crippen LogP contribution in [0.15, 0.2) is 58.8 Å². The van der Waals surface area contributed by atoms with Crippen molar-refractivity contribution < 1.29 is 9.59 Å². The fourth-order valence-corrected chi connectivity index (χ4v) is 3.08. The Bertz CT molecular complexity index is 1000. The zero-order valence-corrected chi connectivity index (χ0v) is 16.5. The average molecular weight is 406 g/mol. The van der Waals surface area contributed by atoms with Gasteiger partial charge in [-0.05, 0) is 17.5 Å². The summed E-state index contributed by atoms with van der Waals surface area (Å²) in [4.78, 5) is 31.6. The molecule has 1 unspecified atom stereocenters. The van der Waals surface area contributed by atoms with E-state index < -0.39 is 17.4 Å². The second-order valence-electron chi connectivity index (χ2n) is 6.79. The number of Topliss-reactive ketones (excluding diaryl/α,β-unsaturated/α-hetero) is 2. The molecule has 0 saturated heterocycles. The maximum Gasteiger partial charge on any atom is 0.197 e. The quantitative estimate of drug-likeness (QED) is 0.184. The van der Waals surface area contributed by atoms with Crippen molar-refractivity contribution in [2.24, 2.45) is 27.6 Å². The fraction of sp³-hybridized carbons (Fsp3) is 0.300. The van der Waals surface area contributed by atoms with Gasteiger partial charge in [-0.15, -0.1) is 0 Å². The Morgan fingerprint density at radius 1 is 0.933 bits per heavy atom. The number of benzene rings is 2. The van der Waals surface area contributed by atoms with Crippen LogP contribution in [0.1, 0.15) is 46.9 Å². The normalized spacial score (nSPS) is 11.7. The van der Waals surface area contributed by atoms with Gasteiger partial charge in [0.2, 0.25) is 0 Å². The average Bonchev–Trinajstić information content (AvgIpc) is 2.75. The molecule has 0 radical (unpaired) electrons. The van der Waals surface area contributed by atoms with Crippen molar-refractivity contribution in [3.8, 4) is 0 Å². The summed E-state index contributed by atoms with van der Waals surface area (Å²) < 4.78 is 0. The summed E-state index contributed by atoms with van der Waals surface area (Å²) in [6.45, 7) is 1.96. The van der Waals surface area contributed by atoms with Crippen molar-refractivity contribution in [1.82, 2.24) is 0 Å². The third-order valence-electron chi connectivity index (χ3n) is 4.73. The standard InChI is InChI=1S/C20H22N8O2/c1-2-3-4-17(18(29)13-5-9-15(10-6-13)25-27-23)20(21,22)19(30)14-7-11-16(12-8-14)26-28-24/h5-12,17H,2-4,21-22H2,1H3. The lowest BCUT2D eigenvalue weighted by Gasteiger charge is -2.32. The van der Waals surface area contributed by atoms with Gasteiger partial charge in [0, 0.05) is 32.3 Å². The molecule has 10 heteroatoms. The second-order valence-corrected chi connectivity index (χ2v) is 6.79. The van der Waals surface area contributed by atoms with E-state index in [1.165, 1.54) is 48.5 Å². The molecule has 10 nitrogen and oxygen atoms in total. The van der Waals surface area contributed by atoms with Gasteiger partial charge in [0.25, 0.3) is 0 Å². The highest BCUT2D eigenvalue weighted by atomic mass is 16.1. The van der Waals surface area contributed by atoms with Crippen LogP contribution < -0.4 is 11.5 Å². The molecule has 30 heavy (non-hydrogen) atoms. The van der Waals surface area contributed by atoms with E-state index in [-0.39, 0.29) is 11.3 Å².